The summed E-state index contributed by atoms with van der Waals surface area (Å²) in [5.74, 6) is 0.0567. The lowest BCUT2D eigenvalue weighted by Crippen LogP contribution is -2.14. The number of ether oxygens (including phenoxy) is 2. The largest absolute Gasteiger partial charge is 0.483 e. The molecule has 0 fully saturated rings. The van der Waals surface area contributed by atoms with Crippen molar-refractivity contribution in [3.05, 3.63) is 46.5 Å². The van der Waals surface area contributed by atoms with Gasteiger partial charge < -0.3 is 19.4 Å². The van der Waals surface area contributed by atoms with Gasteiger partial charge in [-0.1, -0.05) is 23.1 Å². The highest BCUT2D eigenvalue weighted by molar-refractivity contribution is 7.99. The highest BCUT2D eigenvalue weighted by atomic mass is 32.2. The molecule has 1 unspecified atom stereocenters. The van der Waals surface area contributed by atoms with Gasteiger partial charge in [-0.3, -0.25) is 4.79 Å². The number of aromatic nitrogens is 4. The van der Waals surface area contributed by atoms with Crippen molar-refractivity contribution >= 4 is 40.1 Å². The van der Waals surface area contributed by atoms with Gasteiger partial charge in [-0.15, -0.1) is 10.2 Å². The summed E-state index contributed by atoms with van der Waals surface area (Å²) in [6.45, 7) is 5.48. The minimum atomic E-state index is -0.457. The number of nitrogens with zero attached hydrogens (tertiary/aromatic N) is 4. The first-order chi connectivity index (χ1) is 15.3. The van der Waals surface area contributed by atoms with Gasteiger partial charge in [0.2, 0.25) is 5.91 Å². The molecule has 1 amide bonds. The molecule has 0 aliphatic rings. The van der Waals surface area contributed by atoms with Crippen LogP contribution in [0.3, 0.4) is 0 Å². The zero-order chi connectivity index (χ0) is 23.3. The number of anilines is 1. The van der Waals surface area contributed by atoms with Crippen LogP contribution < -0.4 is 10.1 Å². The second-order valence-corrected chi connectivity index (χ2v) is 8.55. The van der Waals surface area contributed by atoms with Gasteiger partial charge in [0.1, 0.15) is 16.4 Å². The zero-order valence-corrected chi connectivity index (χ0v) is 19.6. The van der Waals surface area contributed by atoms with Crippen LogP contribution in [0.2, 0.25) is 0 Å². The van der Waals surface area contributed by atoms with Crippen molar-refractivity contribution < 1.29 is 23.5 Å². The Kier molecular flexibility index (Phi) is 7.80. The summed E-state index contributed by atoms with van der Waals surface area (Å²) in [7, 11) is 1.77. The summed E-state index contributed by atoms with van der Waals surface area (Å²) >= 11 is 2.27. The van der Waals surface area contributed by atoms with Crippen LogP contribution in [0, 0.1) is 12.7 Å². The molecule has 0 radical (unpaired) electrons. The number of thioether (sulfide) groups is 1. The number of amides is 1. The van der Waals surface area contributed by atoms with E-state index in [1.54, 1.807) is 32.4 Å². The summed E-state index contributed by atoms with van der Waals surface area (Å²) < 4.78 is 25.5. The van der Waals surface area contributed by atoms with E-state index in [4.69, 9.17) is 9.47 Å². The number of halogens is 1. The van der Waals surface area contributed by atoms with Crippen molar-refractivity contribution in [1.29, 1.82) is 0 Å². The van der Waals surface area contributed by atoms with E-state index in [9.17, 15) is 14.0 Å². The highest BCUT2D eigenvalue weighted by Crippen LogP contribution is 2.26. The van der Waals surface area contributed by atoms with E-state index >= 15 is 0 Å². The number of benzene rings is 1. The number of aryl methyl sites for hydroxylation is 1. The van der Waals surface area contributed by atoms with E-state index in [-0.39, 0.29) is 24.1 Å². The Balaban J connectivity index is 1.56. The summed E-state index contributed by atoms with van der Waals surface area (Å²) in [4.78, 5) is 28.8. The average Bonchev–Trinajstić information content (AvgIpc) is 3.30. The first-order valence-electron chi connectivity index (χ1n) is 9.67. The van der Waals surface area contributed by atoms with E-state index in [0.717, 1.165) is 11.3 Å². The molecule has 0 aliphatic carbocycles. The number of carbonyl (C=O) groups excluding carboxylic acids is 2. The first kappa shape index (κ1) is 23.7. The maximum atomic E-state index is 13.0. The Morgan fingerprint density at radius 2 is 2.00 bits per heavy atom. The zero-order valence-electron chi connectivity index (χ0n) is 17.9. The van der Waals surface area contributed by atoms with Crippen molar-refractivity contribution in [3.8, 4) is 5.75 Å². The van der Waals surface area contributed by atoms with E-state index in [0.29, 0.717) is 32.4 Å². The van der Waals surface area contributed by atoms with Crippen LogP contribution in [0.25, 0.3) is 0 Å². The maximum Gasteiger partial charge on any atom is 0.350 e. The Bertz CT molecular complexity index is 1100. The molecule has 2 aromatic heterocycles. The number of rotatable bonds is 9. The van der Waals surface area contributed by atoms with Crippen LogP contribution in [0.5, 0.6) is 5.75 Å². The molecule has 9 nitrogen and oxygen atoms in total. The third-order valence-corrected chi connectivity index (χ3v) is 6.27. The van der Waals surface area contributed by atoms with Gasteiger partial charge in [-0.2, -0.15) is 0 Å². The summed E-state index contributed by atoms with van der Waals surface area (Å²) in [6, 6.07) is 5.71. The fraction of sp³-hybridized carbons (Fsp3) is 0.350. The van der Waals surface area contributed by atoms with Crippen LogP contribution in [0.4, 0.5) is 9.52 Å². The number of hydrogen-bond acceptors (Lipinski definition) is 9. The van der Waals surface area contributed by atoms with Crippen LogP contribution in [-0.2, 0) is 16.6 Å². The van der Waals surface area contributed by atoms with Crippen LogP contribution >= 0.6 is 23.1 Å². The molecule has 0 spiro atoms. The fourth-order valence-corrected chi connectivity index (χ4v) is 4.29. The van der Waals surface area contributed by atoms with Crippen molar-refractivity contribution in [3.63, 3.8) is 0 Å². The molecule has 0 saturated carbocycles. The van der Waals surface area contributed by atoms with E-state index < -0.39 is 12.1 Å². The smallest absolute Gasteiger partial charge is 0.350 e. The van der Waals surface area contributed by atoms with Gasteiger partial charge in [0, 0.05) is 7.05 Å². The quantitative estimate of drug-likeness (QED) is 0.365. The van der Waals surface area contributed by atoms with E-state index in [2.05, 4.69) is 20.5 Å². The molecule has 0 saturated heterocycles. The van der Waals surface area contributed by atoms with Crippen LogP contribution in [0.15, 0.2) is 29.4 Å². The van der Waals surface area contributed by atoms with Crippen molar-refractivity contribution in [2.75, 3.05) is 17.7 Å². The molecular weight excluding hydrogens is 457 g/mol. The third-order valence-electron chi connectivity index (χ3n) is 4.19. The van der Waals surface area contributed by atoms with Crippen molar-refractivity contribution in [2.45, 2.75) is 32.0 Å². The first-order valence-corrected chi connectivity index (χ1v) is 11.5. The number of hydrogen-bond donors (Lipinski definition) is 1. The lowest BCUT2D eigenvalue weighted by Gasteiger charge is -2.14. The number of thiazole rings is 1. The van der Waals surface area contributed by atoms with Gasteiger partial charge >= 0.3 is 5.97 Å². The summed E-state index contributed by atoms with van der Waals surface area (Å²) in [6.07, 6.45) is -0.430. The molecule has 3 aromatic rings. The minimum Gasteiger partial charge on any atom is -0.483 e. The van der Waals surface area contributed by atoms with E-state index in [1.807, 2.05) is 0 Å². The molecule has 0 aliphatic heterocycles. The molecule has 1 N–H and O–H groups in total. The Morgan fingerprint density at radius 1 is 1.28 bits per heavy atom. The van der Waals surface area contributed by atoms with Gasteiger partial charge in [0.25, 0.3) is 0 Å². The van der Waals surface area contributed by atoms with Crippen LogP contribution in [-0.4, -0.2) is 44.0 Å². The maximum absolute atomic E-state index is 13.0. The number of nitrogens with one attached hydrogen (secondary N) is 1. The summed E-state index contributed by atoms with van der Waals surface area (Å²) in [5, 5.41) is 11.8. The topological polar surface area (TPSA) is 108 Å². The van der Waals surface area contributed by atoms with E-state index in [1.165, 1.54) is 36.0 Å². The SMILES string of the molecule is CCOC(=O)c1sc(NC(=O)CSc2nnc(C(C)Oc3ccc(F)cc3)n2C)nc1C. The monoisotopic (exact) mass is 479 g/mol. The normalized spacial score (nSPS) is 11.8. The average molecular weight is 480 g/mol. The molecule has 170 valence electrons. The second kappa shape index (κ2) is 10.6. The van der Waals surface area contributed by atoms with Gasteiger partial charge in [-0.25, -0.2) is 14.2 Å². The molecule has 1 aromatic carbocycles. The third kappa shape index (κ3) is 5.82. The number of esters is 1. The fourth-order valence-electron chi connectivity index (χ4n) is 2.70. The summed E-state index contributed by atoms with van der Waals surface area (Å²) in [5.41, 5.74) is 0.504. The Morgan fingerprint density at radius 3 is 2.69 bits per heavy atom. The number of carbonyl (C=O) groups is 2. The minimum absolute atomic E-state index is 0.0759. The van der Waals surface area contributed by atoms with Crippen LogP contribution in [0.1, 0.15) is 41.1 Å². The molecular formula is C20H22FN5O4S2. The van der Waals surface area contributed by atoms with Gasteiger partial charge in [0.15, 0.2) is 22.2 Å². The lowest BCUT2D eigenvalue weighted by molar-refractivity contribution is -0.113. The Labute approximate surface area is 192 Å². The molecule has 2 heterocycles. The predicted molar refractivity (Wildman–Crippen MR) is 119 cm³/mol. The van der Waals surface area contributed by atoms with Crippen molar-refractivity contribution in [1.82, 2.24) is 19.7 Å². The molecule has 3 rings (SSSR count). The van der Waals surface area contributed by atoms with Gasteiger partial charge in [-0.05, 0) is 45.0 Å². The molecule has 1 atom stereocenters. The Hall–Kier alpha value is -2.99. The van der Waals surface area contributed by atoms with Gasteiger partial charge in [0.05, 0.1) is 18.1 Å². The molecule has 12 heteroatoms. The standard InChI is InChI=1S/C20H22FN5O4S2/c1-5-29-18(28)16-11(2)22-19(32-16)23-15(27)10-31-20-25-24-17(26(20)4)12(3)30-14-8-6-13(21)7-9-14/h6-9,12H,5,10H2,1-4H3,(H,22,23,27). The highest BCUT2D eigenvalue weighted by Gasteiger charge is 2.20. The predicted octanol–water partition coefficient (Wildman–Crippen LogP) is 3.77. The van der Waals surface area contributed by atoms with Crippen molar-refractivity contribution in [2.24, 2.45) is 7.05 Å². The lowest BCUT2D eigenvalue weighted by atomic mass is 10.3. The second-order valence-electron chi connectivity index (χ2n) is 6.60. The molecule has 0 bridgehead atoms. The molecule has 32 heavy (non-hydrogen) atoms.